The third-order valence-electron chi connectivity index (χ3n) is 4.65. The Kier molecular flexibility index (Phi) is 6.70. The summed E-state index contributed by atoms with van der Waals surface area (Å²) in [4.78, 5) is 16.3. The molecule has 25 heavy (non-hydrogen) atoms. The third-order valence-corrected chi connectivity index (χ3v) is 5.79. The van der Waals surface area contributed by atoms with Gasteiger partial charge in [0.1, 0.15) is 6.54 Å². The van der Waals surface area contributed by atoms with Crippen molar-refractivity contribution in [2.24, 2.45) is 0 Å². The van der Waals surface area contributed by atoms with Crippen LogP contribution in [0.2, 0.25) is 0 Å². The average Bonchev–Trinajstić information content (AvgIpc) is 2.61. The number of rotatable bonds is 7. The molecule has 140 valence electrons. The molecule has 7 heteroatoms. The molecule has 6 nitrogen and oxygen atoms in total. The zero-order chi connectivity index (χ0) is 18.4. The molecule has 1 aliphatic heterocycles. The van der Waals surface area contributed by atoms with Crippen molar-refractivity contribution in [1.82, 2.24) is 4.90 Å². The molecule has 1 fully saturated rings. The SMILES string of the molecule is CCN(CC)C(=O)CN(c1ccc(N2CCCCC2)cc1)S(C)(=O)=O. The van der Waals surface area contributed by atoms with Gasteiger partial charge in [0, 0.05) is 31.9 Å². The van der Waals surface area contributed by atoms with Crippen LogP contribution in [-0.4, -0.2) is 58.2 Å². The van der Waals surface area contributed by atoms with Gasteiger partial charge in [-0.1, -0.05) is 0 Å². The minimum absolute atomic E-state index is 0.163. The Morgan fingerprint density at radius 3 is 2.08 bits per heavy atom. The molecular formula is C18H29N3O3S. The minimum Gasteiger partial charge on any atom is -0.372 e. The summed E-state index contributed by atoms with van der Waals surface area (Å²) in [5.74, 6) is -0.185. The lowest BCUT2D eigenvalue weighted by Gasteiger charge is -2.30. The van der Waals surface area contributed by atoms with Crippen LogP contribution in [0.15, 0.2) is 24.3 Å². The van der Waals surface area contributed by atoms with E-state index in [1.807, 2.05) is 26.0 Å². The van der Waals surface area contributed by atoms with Crippen LogP contribution >= 0.6 is 0 Å². The summed E-state index contributed by atoms with van der Waals surface area (Å²) in [6.45, 7) is 6.83. The Morgan fingerprint density at radius 2 is 1.60 bits per heavy atom. The molecule has 2 rings (SSSR count). The summed E-state index contributed by atoms with van der Waals surface area (Å²) < 4.78 is 25.6. The van der Waals surface area contributed by atoms with Gasteiger partial charge in [0.25, 0.3) is 0 Å². The zero-order valence-corrected chi connectivity index (χ0v) is 16.3. The van der Waals surface area contributed by atoms with Crippen LogP contribution in [0.4, 0.5) is 11.4 Å². The largest absolute Gasteiger partial charge is 0.372 e. The molecular weight excluding hydrogens is 338 g/mol. The maximum absolute atomic E-state index is 12.4. The van der Waals surface area contributed by atoms with Crippen molar-refractivity contribution in [3.8, 4) is 0 Å². The van der Waals surface area contributed by atoms with E-state index in [0.717, 1.165) is 25.0 Å². The monoisotopic (exact) mass is 367 g/mol. The van der Waals surface area contributed by atoms with Crippen LogP contribution < -0.4 is 9.21 Å². The number of hydrogen-bond acceptors (Lipinski definition) is 4. The Labute approximate surface area is 151 Å². The predicted octanol–water partition coefficient (Wildman–Crippen LogP) is 2.31. The van der Waals surface area contributed by atoms with Gasteiger partial charge >= 0.3 is 0 Å². The topological polar surface area (TPSA) is 60.9 Å². The number of likely N-dealkylation sites (N-methyl/N-ethyl adjacent to an activating group) is 1. The van der Waals surface area contributed by atoms with Crippen molar-refractivity contribution in [2.75, 3.05) is 48.2 Å². The maximum Gasteiger partial charge on any atom is 0.243 e. The Hall–Kier alpha value is -1.76. The van der Waals surface area contributed by atoms with Crippen molar-refractivity contribution >= 4 is 27.3 Å². The van der Waals surface area contributed by atoms with Crippen LogP contribution in [0.25, 0.3) is 0 Å². The maximum atomic E-state index is 12.4. The highest BCUT2D eigenvalue weighted by atomic mass is 32.2. The van der Waals surface area contributed by atoms with E-state index in [1.54, 1.807) is 17.0 Å². The molecule has 0 bridgehead atoms. The second-order valence-corrected chi connectivity index (χ2v) is 8.31. The van der Waals surface area contributed by atoms with Crippen LogP contribution in [0.5, 0.6) is 0 Å². The van der Waals surface area contributed by atoms with E-state index >= 15 is 0 Å². The quantitative estimate of drug-likeness (QED) is 0.742. The molecule has 0 unspecified atom stereocenters. The fourth-order valence-electron chi connectivity index (χ4n) is 3.18. The summed E-state index contributed by atoms with van der Waals surface area (Å²) >= 11 is 0. The van der Waals surface area contributed by atoms with Crippen LogP contribution in [0.3, 0.4) is 0 Å². The lowest BCUT2D eigenvalue weighted by molar-refractivity contribution is -0.129. The van der Waals surface area contributed by atoms with Crippen molar-refractivity contribution in [2.45, 2.75) is 33.1 Å². The fraction of sp³-hybridized carbons (Fsp3) is 0.611. The Bertz CT molecular complexity index is 663. The van der Waals surface area contributed by atoms with E-state index in [9.17, 15) is 13.2 Å². The second-order valence-electron chi connectivity index (χ2n) is 6.40. The van der Waals surface area contributed by atoms with Gasteiger partial charge in [-0.05, 0) is 57.4 Å². The molecule has 0 atom stereocenters. The van der Waals surface area contributed by atoms with Gasteiger partial charge in [-0.3, -0.25) is 9.10 Å². The molecule has 1 saturated heterocycles. The van der Waals surface area contributed by atoms with Gasteiger partial charge in [-0.2, -0.15) is 0 Å². The molecule has 0 radical (unpaired) electrons. The lowest BCUT2D eigenvalue weighted by Crippen LogP contribution is -2.42. The molecule has 0 aliphatic carbocycles. The molecule has 1 aromatic rings. The number of carbonyl (C=O) groups is 1. The third kappa shape index (κ3) is 5.11. The van der Waals surface area contributed by atoms with Gasteiger partial charge in [0.2, 0.25) is 15.9 Å². The van der Waals surface area contributed by atoms with Gasteiger partial charge in [-0.15, -0.1) is 0 Å². The number of piperidine rings is 1. The molecule has 0 saturated carbocycles. The molecule has 1 amide bonds. The Balaban J connectivity index is 2.19. The first-order valence-electron chi connectivity index (χ1n) is 8.97. The lowest BCUT2D eigenvalue weighted by atomic mass is 10.1. The number of anilines is 2. The number of nitrogens with zero attached hydrogens (tertiary/aromatic N) is 3. The van der Waals surface area contributed by atoms with Crippen LogP contribution in [-0.2, 0) is 14.8 Å². The summed E-state index contributed by atoms with van der Waals surface area (Å²) in [5, 5.41) is 0. The summed E-state index contributed by atoms with van der Waals surface area (Å²) in [7, 11) is -3.53. The van der Waals surface area contributed by atoms with Gasteiger partial charge in [-0.25, -0.2) is 8.42 Å². The molecule has 0 N–H and O–H groups in total. The number of carbonyl (C=O) groups excluding carboxylic acids is 1. The zero-order valence-electron chi connectivity index (χ0n) is 15.4. The van der Waals surface area contributed by atoms with E-state index in [0.29, 0.717) is 18.8 Å². The fourth-order valence-corrected chi connectivity index (χ4v) is 4.03. The van der Waals surface area contributed by atoms with Gasteiger partial charge in [0.05, 0.1) is 11.9 Å². The number of sulfonamides is 1. The van der Waals surface area contributed by atoms with E-state index < -0.39 is 10.0 Å². The summed E-state index contributed by atoms with van der Waals surface area (Å²) in [5.41, 5.74) is 1.63. The molecule has 0 spiro atoms. The first kappa shape index (κ1) is 19.6. The van der Waals surface area contributed by atoms with Crippen molar-refractivity contribution in [1.29, 1.82) is 0 Å². The smallest absolute Gasteiger partial charge is 0.243 e. The van der Waals surface area contributed by atoms with Crippen molar-refractivity contribution < 1.29 is 13.2 Å². The van der Waals surface area contributed by atoms with Crippen LogP contribution in [0.1, 0.15) is 33.1 Å². The first-order valence-corrected chi connectivity index (χ1v) is 10.8. The number of amides is 1. The van der Waals surface area contributed by atoms with E-state index in [-0.39, 0.29) is 12.5 Å². The second kappa shape index (κ2) is 8.56. The van der Waals surface area contributed by atoms with Crippen molar-refractivity contribution in [3.63, 3.8) is 0 Å². The van der Waals surface area contributed by atoms with Crippen molar-refractivity contribution in [3.05, 3.63) is 24.3 Å². The highest BCUT2D eigenvalue weighted by molar-refractivity contribution is 7.92. The number of hydrogen-bond donors (Lipinski definition) is 0. The normalized spacial score (nSPS) is 15.1. The van der Waals surface area contributed by atoms with Gasteiger partial charge < -0.3 is 9.80 Å². The summed E-state index contributed by atoms with van der Waals surface area (Å²) in [6, 6.07) is 7.47. The predicted molar refractivity (Wildman–Crippen MR) is 103 cm³/mol. The molecule has 1 aromatic carbocycles. The average molecular weight is 368 g/mol. The van der Waals surface area contributed by atoms with E-state index in [2.05, 4.69) is 4.90 Å². The van der Waals surface area contributed by atoms with Crippen LogP contribution in [0, 0.1) is 0 Å². The first-order chi connectivity index (χ1) is 11.9. The Morgan fingerprint density at radius 1 is 1.04 bits per heavy atom. The van der Waals surface area contributed by atoms with E-state index in [4.69, 9.17) is 0 Å². The number of benzene rings is 1. The molecule has 1 heterocycles. The summed E-state index contributed by atoms with van der Waals surface area (Å²) in [6.07, 6.45) is 4.79. The minimum atomic E-state index is -3.53. The molecule has 0 aromatic heterocycles. The van der Waals surface area contributed by atoms with E-state index in [1.165, 1.54) is 23.6 Å². The highest BCUT2D eigenvalue weighted by Gasteiger charge is 2.23. The van der Waals surface area contributed by atoms with Gasteiger partial charge in [0.15, 0.2) is 0 Å². The standard InChI is InChI=1S/C18H29N3O3S/c1-4-19(5-2)18(22)15-21(25(3,23)24)17-11-9-16(10-12-17)20-13-7-6-8-14-20/h9-12H,4-8,13-15H2,1-3H3. The highest BCUT2D eigenvalue weighted by Crippen LogP contribution is 2.25. The molecule has 1 aliphatic rings.